The summed E-state index contributed by atoms with van der Waals surface area (Å²) in [5, 5.41) is 3.34. The summed E-state index contributed by atoms with van der Waals surface area (Å²) in [5.41, 5.74) is 0.235. The van der Waals surface area contributed by atoms with E-state index in [9.17, 15) is 0 Å². The smallest absolute Gasteiger partial charge is 0.0713 e. The fraction of sp³-hybridized carbons (Fsp3) is 1.00. The van der Waals surface area contributed by atoms with Crippen LogP contribution in [0.2, 0.25) is 0 Å². The van der Waals surface area contributed by atoms with E-state index in [0.29, 0.717) is 0 Å². The minimum atomic E-state index is 0.235. The second-order valence-electron chi connectivity index (χ2n) is 7.07. The number of nitrogens with one attached hydrogen (secondary N) is 1. The Balaban J connectivity index is 1.63. The van der Waals surface area contributed by atoms with Gasteiger partial charge < -0.3 is 10.1 Å². The van der Waals surface area contributed by atoms with Crippen molar-refractivity contribution in [3.05, 3.63) is 0 Å². The van der Waals surface area contributed by atoms with Gasteiger partial charge in [-0.3, -0.25) is 4.90 Å². The Morgan fingerprint density at radius 3 is 2.90 bits per heavy atom. The summed E-state index contributed by atoms with van der Waals surface area (Å²) in [4.78, 5) is 2.87. The molecule has 3 nitrogen and oxygen atoms in total. The zero-order valence-electron chi connectivity index (χ0n) is 13.6. The molecule has 3 heterocycles. The molecule has 0 aromatic rings. The number of rotatable bonds is 4. The van der Waals surface area contributed by atoms with Gasteiger partial charge in [0.2, 0.25) is 0 Å². The summed E-state index contributed by atoms with van der Waals surface area (Å²) in [5.74, 6) is 2.60. The number of hydrogen-bond donors (Lipinski definition) is 1. The molecule has 3 fully saturated rings. The SMILES string of the molecule is CNCCC1CCCCN1C1CCOC2(CCSCC2)C1. The van der Waals surface area contributed by atoms with Gasteiger partial charge in [0, 0.05) is 18.7 Å². The molecule has 0 saturated carbocycles. The normalized spacial score (nSPS) is 34.1. The van der Waals surface area contributed by atoms with Crippen molar-refractivity contribution in [2.75, 3.05) is 38.2 Å². The molecule has 2 unspecified atom stereocenters. The standard InChI is InChI=1S/C17H32N2OS/c1-18-9-5-15-4-2-3-10-19(15)16-6-11-20-17(14-16)7-12-21-13-8-17/h15-16,18H,2-14H2,1H3. The molecule has 3 saturated heterocycles. The predicted molar refractivity (Wildman–Crippen MR) is 91.2 cm³/mol. The van der Waals surface area contributed by atoms with Gasteiger partial charge in [-0.25, -0.2) is 0 Å². The first-order valence-electron chi connectivity index (χ1n) is 8.95. The minimum absolute atomic E-state index is 0.235. The molecule has 2 atom stereocenters. The average Bonchev–Trinajstić information content (AvgIpc) is 2.54. The van der Waals surface area contributed by atoms with E-state index in [0.717, 1.165) is 25.2 Å². The van der Waals surface area contributed by atoms with Crippen molar-refractivity contribution in [3.63, 3.8) is 0 Å². The van der Waals surface area contributed by atoms with E-state index in [-0.39, 0.29) is 5.60 Å². The Bertz CT molecular complexity index is 314. The van der Waals surface area contributed by atoms with Crippen LogP contribution < -0.4 is 5.32 Å². The van der Waals surface area contributed by atoms with Crippen LogP contribution in [0.25, 0.3) is 0 Å². The minimum Gasteiger partial charge on any atom is -0.375 e. The predicted octanol–water partition coefficient (Wildman–Crippen LogP) is 2.90. The van der Waals surface area contributed by atoms with Crippen molar-refractivity contribution >= 4 is 11.8 Å². The number of thioether (sulfide) groups is 1. The highest BCUT2D eigenvalue weighted by molar-refractivity contribution is 7.99. The second-order valence-corrected chi connectivity index (χ2v) is 8.29. The number of likely N-dealkylation sites (tertiary alicyclic amines) is 1. The van der Waals surface area contributed by atoms with E-state index >= 15 is 0 Å². The highest BCUT2D eigenvalue weighted by Gasteiger charge is 2.41. The summed E-state index contributed by atoms with van der Waals surface area (Å²) in [7, 11) is 2.08. The molecule has 0 bridgehead atoms. The van der Waals surface area contributed by atoms with Crippen LogP contribution in [0.5, 0.6) is 0 Å². The number of hydrogen-bond acceptors (Lipinski definition) is 4. The van der Waals surface area contributed by atoms with Crippen LogP contribution in [0.1, 0.15) is 51.4 Å². The molecule has 3 aliphatic rings. The molecular weight excluding hydrogens is 280 g/mol. The largest absolute Gasteiger partial charge is 0.375 e. The fourth-order valence-corrected chi connectivity index (χ4v) is 5.74. The first-order valence-corrected chi connectivity index (χ1v) is 10.1. The van der Waals surface area contributed by atoms with Crippen LogP contribution in [-0.2, 0) is 4.74 Å². The van der Waals surface area contributed by atoms with Gasteiger partial charge >= 0.3 is 0 Å². The second kappa shape index (κ2) is 7.67. The van der Waals surface area contributed by atoms with Crippen molar-refractivity contribution < 1.29 is 4.74 Å². The molecule has 1 N–H and O–H groups in total. The summed E-state index contributed by atoms with van der Waals surface area (Å²) in [6.45, 7) is 3.47. The van der Waals surface area contributed by atoms with E-state index in [1.807, 2.05) is 0 Å². The zero-order chi connectivity index (χ0) is 14.5. The van der Waals surface area contributed by atoms with Crippen molar-refractivity contribution in [2.24, 2.45) is 0 Å². The third-order valence-corrected chi connectivity index (χ3v) is 6.73. The van der Waals surface area contributed by atoms with Crippen LogP contribution >= 0.6 is 11.8 Å². The molecule has 3 aliphatic heterocycles. The Morgan fingerprint density at radius 2 is 2.10 bits per heavy atom. The number of piperidine rings is 1. The maximum absolute atomic E-state index is 6.29. The number of ether oxygens (including phenoxy) is 1. The fourth-order valence-electron chi connectivity index (χ4n) is 4.50. The summed E-state index contributed by atoms with van der Waals surface area (Å²) >= 11 is 2.11. The maximum Gasteiger partial charge on any atom is 0.0713 e. The molecule has 0 aromatic heterocycles. The Labute approximate surface area is 134 Å². The molecule has 0 aliphatic carbocycles. The van der Waals surface area contributed by atoms with Gasteiger partial charge in [0.05, 0.1) is 5.60 Å². The van der Waals surface area contributed by atoms with Crippen LogP contribution in [-0.4, -0.2) is 60.8 Å². The lowest BCUT2D eigenvalue weighted by molar-refractivity contribution is -0.118. The van der Waals surface area contributed by atoms with E-state index in [1.54, 1.807) is 0 Å². The molecule has 1 spiro atoms. The van der Waals surface area contributed by atoms with Gasteiger partial charge in [-0.2, -0.15) is 11.8 Å². The van der Waals surface area contributed by atoms with Crippen molar-refractivity contribution in [1.82, 2.24) is 10.2 Å². The van der Waals surface area contributed by atoms with E-state index in [4.69, 9.17) is 4.74 Å². The lowest BCUT2D eigenvalue weighted by atomic mass is 9.83. The summed E-state index contributed by atoms with van der Waals surface area (Å²) in [6.07, 6.45) is 10.7. The van der Waals surface area contributed by atoms with E-state index in [1.165, 1.54) is 69.4 Å². The molecule has 4 heteroatoms. The summed E-state index contributed by atoms with van der Waals surface area (Å²) in [6, 6.07) is 1.59. The van der Waals surface area contributed by atoms with Crippen molar-refractivity contribution in [1.29, 1.82) is 0 Å². The van der Waals surface area contributed by atoms with Gasteiger partial charge in [0.15, 0.2) is 0 Å². The Hall–Kier alpha value is 0.230. The third kappa shape index (κ3) is 3.95. The van der Waals surface area contributed by atoms with Crippen LogP contribution in [0, 0.1) is 0 Å². The molecule has 122 valence electrons. The van der Waals surface area contributed by atoms with Crippen molar-refractivity contribution in [2.45, 2.75) is 69.1 Å². The molecule has 21 heavy (non-hydrogen) atoms. The van der Waals surface area contributed by atoms with Gasteiger partial charge in [-0.1, -0.05) is 6.42 Å². The first kappa shape index (κ1) is 16.1. The highest BCUT2D eigenvalue weighted by Crippen LogP contribution is 2.40. The highest BCUT2D eigenvalue weighted by atomic mass is 32.2. The maximum atomic E-state index is 6.29. The van der Waals surface area contributed by atoms with E-state index < -0.39 is 0 Å². The number of nitrogens with zero attached hydrogens (tertiary/aromatic N) is 1. The van der Waals surface area contributed by atoms with E-state index in [2.05, 4.69) is 29.0 Å². The molecular formula is C17H32N2OS. The zero-order valence-corrected chi connectivity index (χ0v) is 14.4. The Morgan fingerprint density at radius 1 is 1.24 bits per heavy atom. The van der Waals surface area contributed by atoms with Crippen molar-refractivity contribution in [3.8, 4) is 0 Å². The average molecular weight is 313 g/mol. The Kier molecular flexibility index (Phi) is 5.88. The van der Waals surface area contributed by atoms with Gasteiger partial charge in [0.25, 0.3) is 0 Å². The van der Waals surface area contributed by atoms with Crippen LogP contribution in [0.3, 0.4) is 0 Å². The van der Waals surface area contributed by atoms with Gasteiger partial charge in [-0.05, 0) is 76.6 Å². The van der Waals surface area contributed by atoms with Crippen LogP contribution in [0.4, 0.5) is 0 Å². The topological polar surface area (TPSA) is 24.5 Å². The lowest BCUT2D eigenvalue weighted by Gasteiger charge is -2.49. The van der Waals surface area contributed by atoms with Crippen LogP contribution in [0.15, 0.2) is 0 Å². The quantitative estimate of drug-likeness (QED) is 0.863. The molecule has 0 radical (unpaired) electrons. The first-order chi connectivity index (χ1) is 10.3. The third-order valence-electron chi connectivity index (χ3n) is 5.74. The van der Waals surface area contributed by atoms with Gasteiger partial charge in [0.1, 0.15) is 0 Å². The lowest BCUT2D eigenvalue weighted by Crippen LogP contribution is -2.54. The molecule has 0 aromatic carbocycles. The molecule has 3 rings (SSSR count). The monoisotopic (exact) mass is 312 g/mol. The summed E-state index contributed by atoms with van der Waals surface area (Å²) < 4.78 is 6.29. The van der Waals surface area contributed by atoms with Gasteiger partial charge in [-0.15, -0.1) is 0 Å². The molecule has 0 amide bonds.